The van der Waals surface area contributed by atoms with Gasteiger partial charge in [-0.1, -0.05) is 18.2 Å². The second-order valence-corrected chi connectivity index (χ2v) is 4.05. The largest absolute Gasteiger partial charge is 0.384 e. The van der Waals surface area contributed by atoms with Crippen molar-refractivity contribution in [3.8, 4) is 0 Å². The van der Waals surface area contributed by atoms with E-state index in [1.807, 2.05) is 6.07 Å². The molecule has 20 heavy (non-hydrogen) atoms. The second-order valence-electron chi connectivity index (χ2n) is 4.05. The van der Waals surface area contributed by atoms with Crippen molar-refractivity contribution in [1.29, 1.82) is 5.41 Å². The molecule has 0 aromatic heterocycles. The fourth-order valence-corrected chi connectivity index (χ4v) is 1.62. The van der Waals surface area contributed by atoms with E-state index in [1.54, 1.807) is 24.3 Å². The van der Waals surface area contributed by atoms with Crippen LogP contribution in [-0.2, 0) is 0 Å². The number of amidine groups is 1. The summed E-state index contributed by atoms with van der Waals surface area (Å²) in [4.78, 5) is 11.7. The molecule has 0 aliphatic carbocycles. The summed E-state index contributed by atoms with van der Waals surface area (Å²) < 4.78 is 13.4. The van der Waals surface area contributed by atoms with Crippen molar-refractivity contribution in [2.45, 2.75) is 0 Å². The van der Waals surface area contributed by atoms with Gasteiger partial charge in [0.2, 0.25) is 0 Å². The maximum absolute atomic E-state index is 13.4. The number of nitrogens with one attached hydrogen (secondary N) is 3. The first-order valence-corrected chi connectivity index (χ1v) is 5.83. The van der Waals surface area contributed by atoms with Crippen molar-refractivity contribution in [2.75, 3.05) is 10.6 Å². The Morgan fingerprint density at radius 3 is 2.35 bits per heavy atom. The van der Waals surface area contributed by atoms with Gasteiger partial charge in [0.1, 0.15) is 11.7 Å². The number of para-hydroxylation sites is 1. The lowest BCUT2D eigenvalue weighted by atomic mass is 10.1. The normalized spacial score (nSPS) is 9.85. The van der Waals surface area contributed by atoms with Gasteiger partial charge in [-0.3, -0.25) is 5.41 Å². The fraction of sp³-hybridized carbons (Fsp3) is 0. The SMILES string of the molecule is N=C(N)c1cc(NC(=O)Nc2ccccc2)ccc1F. The predicted molar refractivity (Wildman–Crippen MR) is 76.5 cm³/mol. The van der Waals surface area contributed by atoms with Crippen molar-refractivity contribution in [3.63, 3.8) is 0 Å². The molecule has 0 spiro atoms. The molecular formula is C14H13FN4O. The van der Waals surface area contributed by atoms with Crippen molar-refractivity contribution in [2.24, 2.45) is 5.73 Å². The molecule has 0 unspecified atom stereocenters. The van der Waals surface area contributed by atoms with E-state index in [-0.39, 0.29) is 5.56 Å². The second kappa shape index (κ2) is 5.83. The standard InChI is InChI=1S/C14H13FN4O/c15-12-7-6-10(8-11(12)13(16)17)19-14(20)18-9-4-2-1-3-5-9/h1-8H,(H3,16,17)(H2,18,19,20). The minimum Gasteiger partial charge on any atom is -0.384 e. The van der Waals surface area contributed by atoms with E-state index in [0.717, 1.165) is 6.07 Å². The summed E-state index contributed by atoms with van der Waals surface area (Å²) in [6.45, 7) is 0. The van der Waals surface area contributed by atoms with E-state index < -0.39 is 17.7 Å². The maximum Gasteiger partial charge on any atom is 0.323 e. The summed E-state index contributed by atoms with van der Waals surface area (Å²) in [6, 6.07) is 12.3. The Kier molecular flexibility index (Phi) is 3.95. The predicted octanol–water partition coefficient (Wildman–Crippen LogP) is 2.75. The zero-order valence-corrected chi connectivity index (χ0v) is 10.5. The lowest BCUT2D eigenvalue weighted by Crippen LogP contribution is -2.20. The molecule has 0 radical (unpaired) electrons. The molecule has 2 aromatic rings. The summed E-state index contributed by atoms with van der Waals surface area (Å²) in [6.07, 6.45) is 0. The molecule has 2 rings (SSSR count). The Labute approximate surface area is 115 Å². The van der Waals surface area contributed by atoms with Crippen molar-refractivity contribution in [3.05, 3.63) is 59.9 Å². The third-order valence-electron chi connectivity index (χ3n) is 2.55. The third kappa shape index (κ3) is 3.32. The zero-order chi connectivity index (χ0) is 14.5. The molecule has 0 saturated heterocycles. The lowest BCUT2D eigenvalue weighted by molar-refractivity contribution is 0.262. The van der Waals surface area contributed by atoms with Gasteiger partial charge in [0, 0.05) is 11.4 Å². The number of carbonyl (C=O) groups is 1. The van der Waals surface area contributed by atoms with Crippen LogP contribution in [0, 0.1) is 11.2 Å². The molecule has 102 valence electrons. The molecule has 0 atom stereocenters. The van der Waals surface area contributed by atoms with Crippen LogP contribution in [0.1, 0.15) is 5.56 Å². The number of nitrogens with two attached hydrogens (primary N) is 1. The summed E-state index contributed by atoms with van der Waals surface area (Å²) in [5.74, 6) is -0.999. The summed E-state index contributed by atoms with van der Waals surface area (Å²) in [5.41, 5.74) is 6.19. The number of hydrogen-bond donors (Lipinski definition) is 4. The Balaban J connectivity index is 2.08. The van der Waals surface area contributed by atoms with Crippen molar-refractivity contribution >= 4 is 23.2 Å². The van der Waals surface area contributed by atoms with E-state index in [4.69, 9.17) is 11.1 Å². The smallest absolute Gasteiger partial charge is 0.323 e. The minimum absolute atomic E-state index is 0.0532. The fourth-order valence-electron chi connectivity index (χ4n) is 1.62. The van der Waals surface area contributed by atoms with Crippen LogP contribution < -0.4 is 16.4 Å². The number of benzene rings is 2. The number of carbonyl (C=O) groups excluding carboxylic acids is 1. The van der Waals surface area contributed by atoms with E-state index in [0.29, 0.717) is 11.4 Å². The maximum atomic E-state index is 13.4. The number of hydrogen-bond acceptors (Lipinski definition) is 2. The number of halogens is 1. The highest BCUT2D eigenvalue weighted by molar-refractivity contribution is 6.01. The van der Waals surface area contributed by atoms with Crippen LogP contribution in [-0.4, -0.2) is 11.9 Å². The van der Waals surface area contributed by atoms with Gasteiger partial charge in [-0.25, -0.2) is 9.18 Å². The van der Waals surface area contributed by atoms with Gasteiger partial charge >= 0.3 is 6.03 Å². The molecule has 0 aliphatic heterocycles. The molecule has 0 aliphatic rings. The molecule has 0 bridgehead atoms. The Hall–Kier alpha value is -2.89. The first-order valence-electron chi connectivity index (χ1n) is 5.83. The molecule has 2 amide bonds. The van der Waals surface area contributed by atoms with Gasteiger partial charge in [0.15, 0.2) is 0 Å². The van der Waals surface area contributed by atoms with Gasteiger partial charge in [0.05, 0.1) is 5.56 Å². The molecule has 0 fully saturated rings. The Morgan fingerprint density at radius 2 is 1.70 bits per heavy atom. The molecule has 0 saturated carbocycles. The van der Waals surface area contributed by atoms with Gasteiger partial charge < -0.3 is 16.4 Å². The van der Waals surface area contributed by atoms with E-state index in [9.17, 15) is 9.18 Å². The quantitative estimate of drug-likeness (QED) is 0.511. The number of nitrogen functional groups attached to an aromatic ring is 1. The molecular weight excluding hydrogens is 259 g/mol. The van der Waals surface area contributed by atoms with Gasteiger partial charge in [-0.15, -0.1) is 0 Å². The summed E-state index contributed by atoms with van der Waals surface area (Å²) in [5, 5.41) is 12.4. The van der Waals surface area contributed by atoms with E-state index >= 15 is 0 Å². The van der Waals surface area contributed by atoms with Crippen LogP contribution >= 0.6 is 0 Å². The molecule has 6 heteroatoms. The van der Waals surface area contributed by atoms with Crippen LogP contribution in [0.3, 0.4) is 0 Å². The van der Waals surface area contributed by atoms with Crippen LogP contribution in [0.5, 0.6) is 0 Å². The van der Waals surface area contributed by atoms with Crippen LogP contribution in [0.2, 0.25) is 0 Å². The highest BCUT2D eigenvalue weighted by atomic mass is 19.1. The third-order valence-corrected chi connectivity index (χ3v) is 2.55. The van der Waals surface area contributed by atoms with Gasteiger partial charge in [-0.2, -0.15) is 0 Å². The highest BCUT2D eigenvalue weighted by Crippen LogP contribution is 2.15. The Morgan fingerprint density at radius 1 is 1.05 bits per heavy atom. The first kappa shape index (κ1) is 13.5. The van der Waals surface area contributed by atoms with Gasteiger partial charge in [-0.05, 0) is 30.3 Å². The average molecular weight is 272 g/mol. The molecule has 5 N–H and O–H groups in total. The number of anilines is 2. The monoisotopic (exact) mass is 272 g/mol. The zero-order valence-electron chi connectivity index (χ0n) is 10.5. The highest BCUT2D eigenvalue weighted by Gasteiger charge is 2.08. The van der Waals surface area contributed by atoms with E-state index in [1.165, 1.54) is 12.1 Å². The number of amides is 2. The van der Waals surface area contributed by atoms with Crippen molar-refractivity contribution in [1.82, 2.24) is 0 Å². The van der Waals surface area contributed by atoms with Crippen LogP contribution in [0.15, 0.2) is 48.5 Å². The summed E-state index contributed by atoms with van der Waals surface area (Å²) in [7, 11) is 0. The van der Waals surface area contributed by atoms with Crippen LogP contribution in [0.4, 0.5) is 20.6 Å². The number of urea groups is 1. The summed E-state index contributed by atoms with van der Waals surface area (Å²) >= 11 is 0. The Bertz CT molecular complexity index is 643. The molecule has 0 heterocycles. The molecule has 2 aromatic carbocycles. The van der Waals surface area contributed by atoms with Crippen molar-refractivity contribution < 1.29 is 9.18 Å². The molecule has 5 nitrogen and oxygen atoms in total. The average Bonchev–Trinajstić information content (AvgIpc) is 2.41. The topological polar surface area (TPSA) is 91.0 Å². The van der Waals surface area contributed by atoms with E-state index in [2.05, 4.69) is 10.6 Å². The number of rotatable bonds is 3. The minimum atomic E-state index is -0.605. The van der Waals surface area contributed by atoms with Crippen LogP contribution in [0.25, 0.3) is 0 Å². The van der Waals surface area contributed by atoms with Gasteiger partial charge in [0.25, 0.3) is 0 Å². The lowest BCUT2D eigenvalue weighted by Gasteiger charge is -2.09. The first-order chi connectivity index (χ1) is 9.56.